The van der Waals surface area contributed by atoms with Crippen LogP contribution in [0.3, 0.4) is 0 Å². The van der Waals surface area contributed by atoms with E-state index in [1.165, 1.54) is 23.1 Å². The number of thioether (sulfide) groups is 1. The Morgan fingerprint density at radius 2 is 1.03 bits per heavy atom. The lowest BCUT2D eigenvalue weighted by Gasteiger charge is -2.22. The highest BCUT2D eigenvalue weighted by atomic mass is 32.2. The number of nitrogens with one attached hydrogen (secondary N) is 2. The highest BCUT2D eigenvalue weighted by Gasteiger charge is 2.17. The van der Waals surface area contributed by atoms with E-state index >= 15 is 0 Å². The number of ether oxygens (including phenoxy) is 2. The Bertz CT molecular complexity index is 3160. The summed E-state index contributed by atoms with van der Waals surface area (Å²) in [7, 11) is -7.25. The van der Waals surface area contributed by atoms with Crippen molar-refractivity contribution in [3.63, 3.8) is 0 Å². The number of hydrogen-bond donors (Lipinski definition) is 3. The maximum Gasteiger partial charge on any atom is 0.425 e. The van der Waals surface area contributed by atoms with E-state index in [1.54, 1.807) is 14.2 Å². The summed E-state index contributed by atoms with van der Waals surface area (Å²) in [6, 6.07) is 22.8. The molecule has 3 aromatic heterocycles. The SMILES string of the molecule is CCN(CC)c1ccc(N=Nc2snc3ccc(OC)cc23)c(Nc2nc(Nc3cc(N(CC)CC)ccc3N=Nc3snc4ccc(OC)cc34)nc(SCCS(=O)(=O)O)n2)c1.O=S(=O)=O.O=S(=O)=O. The second kappa shape index (κ2) is 26.4. The number of aromatic nitrogens is 5. The molecule has 24 nitrogen and oxygen atoms in total. The Morgan fingerprint density at radius 1 is 0.620 bits per heavy atom. The Hall–Kier alpha value is -6.83. The Labute approximate surface area is 422 Å². The molecular formula is C41H45N13O11S6. The van der Waals surface area contributed by atoms with Gasteiger partial charge >= 0.3 is 21.2 Å². The van der Waals surface area contributed by atoms with E-state index in [0.29, 0.717) is 44.3 Å². The van der Waals surface area contributed by atoms with Crippen molar-refractivity contribution in [3.05, 3.63) is 72.8 Å². The second-order valence-electron chi connectivity index (χ2n) is 13.9. The fraction of sp³-hybridized carbons (Fsp3) is 0.293. The molecular weight excluding hydrogens is 1040 g/mol. The topological polar surface area (TPSA) is 320 Å². The van der Waals surface area contributed by atoms with Crippen LogP contribution in [0.25, 0.3) is 21.8 Å². The molecule has 71 heavy (non-hydrogen) atoms. The van der Waals surface area contributed by atoms with Crippen LogP contribution in [0.5, 0.6) is 11.5 Å². The first kappa shape index (κ1) is 55.1. The van der Waals surface area contributed by atoms with Crippen LogP contribution in [0, 0.1) is 0 Å². The number of fused-ring (bicyclic) bond motifs is 2. The van der Waals surface area contributed by atoms with Gasteiger partial charge in [-0.15, -0.1) is 45.7 Å². The highest BCUT2D eigenvalue weighted by molar-refractivity contribution is 8.00. The van der Waals surface area contributed by atoms with Gasteiger partial charge in [-0.3, -0.25) is 4.55 Å². The first-order valence-corrected chi connectivity index (χ1v) is 27.0. The highest BCUT2D eigenvalue weighted by Crippen LogP contribution is 2.40. The van der Waals surface area contributed by atoms with Crippen LogP contribution in [-0.2, 0) is 31.3 Å². The minimum Gasteiger partial charge on any atom is -0.497 e. The molecule has 0 radical (unpaired) electrons. The fourth-order valence-electron chi connectivity index (χ4n) is 6.42. The summed E-state index contributed by atoms with van der Waals surface area (Å²) in [5.41, 5.74) is 5.50. The quantitative estimate of drug-likeness (QED) is 0.0364. The van der Waals surface area contributed by atoms with Crippen LogP contribution in [0.1, 0.15) is 27.7 Å². The van der Waals surface area contributed by atoms with E-state index in [-0.39, 0.29) is 22.8 Å². The molecule has 30 heteroatoms. The van der Waals surface area contributed by atoms with Gasteiger partial charge in [0.25, 0.3) is 10.1 Å². The van der Waals surface area contributed by atoms with E-state index < -0.39 is 37.1 Å². The number of anilines is 6. The van der Waals surface area contributed by atoms with Crippen molar-refractivity contribution in [1.29, 1.82) is 0 Å². The lowest BCUT2D eigenvalue weighted by molar-refractivity contribution is 0.415. The number of methoxy groups -OCH3 is 2. The molecule has 3 N–H and O–H groups in total. The largest absolute Gasteiger partial charge is 0.497 e. The molecule has 0 atom stereocenters. The van der Waals surface area contributed by atoms with Crippen molar-refractivity contribution in [2.45, 2.75) is 32.9 Å². The molecule has 0 aliphatic heterocycles. The zero-order valence-corrected chi connectivity index (χ0v) is 43.5. The molecule has 3 heterocycles. The number of hydrogen-bond acceptors (Lipinski definition) is 26. The Balaban J connectivity index is 0.00000109. The van der Waals surface area contributed by atoms with Crippen molar-refractivity contribution >= 4 is 144 Å². The van der Waals surface area contributed by atoms with Crippen molar-refractivity contribution in [2.24, 2.45) is 20.5 Å². The summed E-state index contributed by atoms with van der Waals surface area (Å²) in [6.07, 6.45) is 0. The summed E-state index contributed by atoms with van der Waals surface area (Å²) in [4.78, 5) is 18.5. The Morgan fingerprint density at radius 3 is 1.39 bits per heavy atom. The van der Waals surface area contributed by atoms with Gasteiger partial charge in [0.1, 0.15) is 22.9 Å². The average molecular weight is 1090 g/mol. The lowest BCUT2D eigenvalue weighted by atomic mass is 10.2. The van der Waals surface area contributed by atoms with E-state index in [2.05, 4.69) is 87.3 Å². The minimum absolute atomic E-state index is 0.0171. The molecule has 7 rings (SSSR count). The molecule has 7 aromatic rings. The molecule has 0 unspecified atom stereocenters. The first-order chi connectivity index (χ1) is 34.0. The van der Waals surface area contributed by atoms with E-state index in [0.717, 1.165) is 71.1 Å². The summed E-state index contributed by atoms with van der Waals surface area (Å²) in [6.45, 7) is 11.4. The molecule has 0 spiro atoms. The number of azo groups is 2. The van der Waals surface area contributed by atoms with Gasteiger partial charge in [0.05, 0.1) is 42.4 Å². The third-order valence-electron chi connectivity index (χ3n) is 9.72. The molecule has 376 valence electrons. The summed E-state index contributed by atoms with van der Waals surface area (Å²) in [5.74, 6) is 1.11. The third kappa shape index (κ3) is 16.4. The number of rotatable bonds is 20. The van der Waals surface area contributed by atoms with Gasteiger partial charge < -0.3 is 29.9 Å². The van der Waals surface area contributed by atoms with Crippen LogP contribution in [0.2, 0.25) is 0 Å². The number of benzene rings is 4. The predicted molar refractivity (Wildman–Crippen MR) is 274 cm³/mol. The van der Waals surface area contributed by atoms with Gasteiger partial charge in [-0.1, -0.05) is 11.8 Å². The standard InChI is InChI=1S/C41H45N13O5S4.2O3S/c1-7-53(8-2)25-11-15-33(47-49-37-29-23-27(58-5)13-17-31(29)51-61-37)35(21-25)42-39-44-40(46-41(45-39)60-19-20-63(55,56)57)43-36-22-26(54(9-3)10-4)12-16-34(36)48-50-38-30-24-28(59-6)14-18-32(30)52-62-38;2*1-4(2)3/h11-18,21-24H,7-10,19-20H2,1-6H3,(H,55,56,57)(H2,42,43,44,45,46);;. The predicted octanol–water partition coefficient (Wildman–Crippen LogP) is 9.09. The van der Waals surface area contributed by atoms with E-state index in [4.69, 9.17) is 39.7 Å². The zero-order valence-electron chi connectivity index (χ0n) is 38.6. The fourth-order valence-corrected chi connectivity index (χ4v) is 9.44. The lowest BCUT2D eigenvalue weighted by Crippen LogP contribution is -2.21. The van der Waals surface area contributed by atoms with Crippen molar-refractivity contribution in [3.8, 4) is 11.5 Å². The molecule has 0 bridgehead atoms. The first-order valence-electron chi connectivity index (χ1n) is 20.9. The molecule has 0 amide bonds. The van der Waals surface area contributed by atoms with E-state index in [1.807, 2.05) is 72.8 Å². The van der Waals surface area contributed by atoms with E-state index in [9.17, 15) is 13.0 Å². The molecule has 4 aromatic carbocycles. The van der Waals surface area contributed by atoms with Gasteiger partial charge in [-0.25, -0.2) is 0 Å². The van der Waals surface area contributed by atoms with Gasteiger partial charge in [0.2, 0.25) is 11.9 Å². The van der Waals surface area contributed by atoms with Crippen LogP contribution in [0.15, 0.2) is 98.4 Å². The van der Waals surface area contributed by atoms with Gasteiger partial charge in [0, 0.05) is 54.1 Å². The van der Waals surface area contributed by atoms with Crippen molar-refractivity contribution < 1.29 is 47.7 Å². The van der Waals surface area contributed by atoms with Crippen molar-refractivity contribution in [1.82, 2.24) is 23.7 Å². The van der Waals surface area contributed by atoms with Crippen LogP contribution in [0.4, 0.5) is 56.0 Å². The van der Waals surface area contributed by atoms with Gasteiger partial charge in [0.15, 0.2) is 15.2 Å². The maximum atomic E-state index is 11.7. The summed E-state index contributed by atoms with van der Waals surface area (Å²) < 4.78 is 103. The van der Waals surface area contributed by atoms with Crippen molar-refractivity contribution in [2.75, 3.05) is 72.3 Å². The summed E-state index contributed by atoms with van der Waals surface area (Å²) >= 11 is 3.50. The molecule has 0 aliphatic carbocycles. The molecule has 0 fully saturated rings. The third-order valence-corrected chi connectivity index (χ3v) is 13.1. The van der Waals surface area contributed by atoms with Gasteiger partial charge in [-0.05, 0) is 124 Å². The van der Waals surface area contributed by atoms with Gasteiger partial charge in [-0.2, -0.15) is 32.1 Å². The average Bonchev–Trinajstić information content (AvgIpc) is 3.94. The molecule has 0 aliphatic rings. The number of nitrogens with zero attached hydrogens (tertiary/aromatic N) is 11. The second-order valence-corrected chi connectivity index (χ2v) is 18.9. The van der Waals surface area contributed by atoms with Crippen LogP contribution >= 0.6 is 34.8 Å². The minimum atomic E-state index is -4.24. The smallest absolute Gasteiger partial charge is 0.425 e. The Kier molecular flexibility index (Phi) is 20.5. The monoisotopic (exact) mass is 1090 g/mol. The maximum absolute atomic E-state index is 11.7. The molecule has 0 saturated heterocycles. The molecule has 0 saturated carbocycles. The zero-order chi connectivity index (χ0) is 51.7. The normalized spacial score (nSPS) is 11.2. The summed E-state index contributed by atoms with van der Waals surface area (Å²) in [5, 5.41) is 28.3. The van der Waals surface area contributed by atoms with Crippen LogP contribution in [-0.4, -0.2) is 114 Å². The van der Waals surface area contributed by atoms with Crippen LogP contribution < -0.4 is 29.9 Å².